The van der Waals surface area contributed by atoms with E-state index in [4.69, 9.17) is 0 Å². The average Bonchev–Trinajstić information content (AvgIpc) is 3.29. The molecule has 2 N–H and O–H groups in total. The second-order valence-corrected chi connectivity index (χ2v) is 7.03. The van der Waals surface area contributed by atoms with Gasteiger partial charge in [-0.1, -0.05) is 12.1 Å². The molecule has 0 aliphatic heterocycles. The molecule has 0 fully saturated rings. The zero-order chi connectivity index (χ0) is 18.8. The highest BCUT2D eigenvalue weighted by Gasteiger charge is 2.11. The van der Waals surface area contributed by atoms with Gasteiger partial charge in [0.1, 0.15) is 6.33 Å². The van der Waals surface area contributed by atoms with E-state index in [-0.39, 0.29) is 11.8 Å². The van der Waals surface area contributed by atoms with Gasteiger partial charge in [0.15, 0.2) is 0 Å². The van der Waals surface area contributed by atoms with E-state index in [1.807, 2.05) is 53.1 Å². The summed E-state index contributed by atoms with van der Waals surface area (Å²) in [6, 6.07) is 18.9. The van der Waals surface area contributed by atoms with Crippen molar-refractivity contribution < 1.29 is 9.59 Å². The zero-order valence-corrected chi connectivity index (χ0v) is 15.3. The van der Waals surface area contributed by atoms with E-state index in [9.17, 15) is 9.59 Å². The van der Waals surface area contributed by atoms with Crippen molar-refractivity contribution >= 4 is 44.9 Å². The van der Waals surface area contributed by atoms with Crippen molar-refractivity contribution in [2.75, 3.05) is 10.6 Å². The van der Waals surface area contributed by atoms with Crippen LogP contribution in [0.5, 0.6) is 0 Å². The summed E-state index contributed by atoms with van der Waals surface area (Å²) in [6.45, 7) is 1.44. The smallest absolute Gasteiger partial charge is 0.265 e. The Kier molecular flexibility index (Phi) is 4.43. The summed E-state index contributed by atoms with van der Waals surface area (Å²) in [5.41, 5.74) is 3.62. The summed E-state index contributed by atoms with van der Waals surface area (Å²) in [7, 11) is 0. The number of amides is 2. The normalized spacial score (nSPS) is 10.7. The van der Waals surface area contributed by atoms with E-state index in [0.29, 0.717) is 15.6 Å². The van der Waals surface area contributed by atoms with Crippen molar-refractivity contribution in [2.45, 2.75) is 6.92 Å². The number of thiophene rings is 1. The Morgan fingerprint density at radius 1 is 0.963 bits per heavy atom. The first-order valence-electron chi connectivity index (χ1n) is 8.31. The van der Waals surface area contributed by atoms with Gasteiger partial charge in [-0.15, -0.1) is 11.3 Å². The van der Waals surface area contributed by atoms with Gasteiger partial charge in [0, 0.05) is 18.3 Å². The molecule has 0 radical (unpaired) electrons. The number of carbonyl (C=O) groups excluding carboxylic acids is 2. The minimum absolute atomic E-state index is 0.161. The third-order valence-electron chi connectivity index (χ3n) is 3.99. The van der Waals surface area contributed by atoms with Crippen LogP contribution in [0.2, 0.25) is 0 Å². The first kappa shape index (κ1) is 17.0. The number of rotatable bonds is 4. The predicted octanol–water partition coefficient (Wildman–Crippen LogP) is 4.30. The van der Waals surface area contributed by atoms with Gasteiger partial charge in [-0.3, -0.25) is 14.2 Å². The fourth-order valence-corrected chi connectivity index (χ4v) is 3.61. The van der Waals surface area contributed by atoms with Gasteiger partial charge >= 0.3 is 0 Å². The first-order chi connectivity index (χ1) is 13.1. The monoisotopic (exact) mass is 376 g/mol. The molecule has 27 heavy (non-hydrogen) atoms. The SMILES string of the molecule is CC(=O)Nc1ccc(C(=O)Nc2ccc(-n3cnc4ccccc43)cc2)s1. The number of aromatic nitrogens is 2. The van der Waals surface area contributed by atoms with Crippen LogP contribution in [-0.4, -0.2) is 21.4 Å². The standard InChI is InChI=1S/C20H16N4O2S/c1-13(25)22-19-11-10-18(27-19)20(26)23-14-6-8-15(9-7-14)24-12-21-16-4-2-3-5-17(16)24/h2-12H,1H3,(H,22,25)(H,23,26). The van der Waals surface area contributed by atoms with Crippen LogP contribution in [0.3, 0.4) is 0 Å². The minimum atomic E-state index is -0.211. The Labute approximate surface area is 159 Å². The Morgan fingerprint density at radius 2 is 1.74 bits per heavy atom. The molecule has 2 heterocycles. The maximum atomic E-state index is 12.4. The summed E-state index contributed by atoms with van der Waals surface area (Å²) in [4.78, 5) is 28.4. The van der Waals surface area contributed by atoms with E-state index in [0.717, 1.165) is 16.7 Å². The Balaban J connectivity index is 1.50. The molecule has 4 aromatic rings. The zero-order valence-electron chi connectivity index (χ0n) is 14.5. The number of nitrogens with one attached hydrogen (secondary N) is 2. The van der Waals surface area contributed by atoms with E-state index in [1.54, 1.807) is 18.5 Å². The Hall–Kier alpha value is -3.45. The molecule has 2 amide bonds. The van der Waals surface area contributed by atoms with Crippen LogP contribution >= 0.6 is 11.3 Å². The van der Waals surface area contributed by atoms with Crippen LogP contribution in [0, 0.1) is 0 Å². The number of nitrogens with zero attached hydrogens (tertiary/aromatic N) is 2. The lowest BCUT2D eigenvalue weighted by atomic mass is 10.2. The van der Waals surface area contributed by atoms with Crippen LogP contribution < -0.4 is 10.6 Å². The van der Waals surface area contributed by atoms with Gasteiger partial charge < -0.3 is 10.6 Å². The molecule has 2 aromatic carbocycles. The number of para-hydroxylation sites is 2. The van der Waals surface area contributed by atoms with Crippen molar-refractivity contribution in [2.24, 2.45) is 0 Å². The van der Waals surface area contributed by atoms with Gasteiger partial charge in [0.25, 0.3) is 5.91 Å². The van der Waals surface area contributed by atoms with Crippen molar-refractivity contribution in [1.82, 2.24) is 9.55 Å². The van der Waals surface area contributed by atoms with Crippen molar-refractivity contribution in [1.29, 1.82) is 0 Å². The molecular formula is C20H16N4O2S. The van der Waals surface area contributed by atoms with Crippen molar-refractivity contribution in [3.63, 3.8) is 0 Å². The van der Waals surface area contributed by atoms with Gasteiger partial charge in [0.2, 0.25) is 5.91 Å². The van der Waals surface area contributed by atoms with E-state index in [1.165, 1.54) is 18.3 Å². The van der Waals surface area contributed by atoms with Crippen LogP contribution in [0.15, 0.2) is 67.0 Å². The molecule has 0 unspecified atom stereocenters. The molecule has 0 aliphatic carbocycles. The molecule has 0 aliphatic rings. The molecule has 6 nitrogen and oxygen atoms in total. The maximum absolute atomic E-state index is 12.4. The topological polar surface area (TPSA) is 76.0 Å². The number of hydrogen-bond donors (Lipinski definition) is 2. The summed E-state index contributed by atoms with van der Waals surface area (Å²) >= 11 is 1.23. The van der Waals surface area contributed by atoms with Gasteiger partial charge in [0.05, 0.1) is 20.9 Å². The van der Waals surface area contributed by atoms with Crippen LogP contribution in [-0.2, 0) is 4.79 Å². The van der Waals surface area contributed by atoms with Gasteiger partial charge in [-0.25, -0.2) is 4.98 Å². The summed E-state index contributed by atoms with van der Waals surface area (Å²) in [6.07, 6.45) is 1.79. The molecular weight excluding hydrogens is 360 g/mol. The lowest BCUT2D eigenvalue weighted by molar-refractivity contribution is -0.114. The third kappa shape index (κ3) is 3.58. The fourth-order valence-electron chi connectivity index (χ4n) is 2.76. The van der Waals surface area contributed by atoms with Crippen LogP contribution in [0.25, 0.3) is 16.7 Å². The molecule has 7 heteroatoms. The summed E-state index contributed by atoms with van der Waals surface area (Å²) < 4.78 is 2.00. The van der Waals surface area contributed by atoms with Crippen LogP contribution in [0.4, 0.5) is 10.7 Å². The second kappa shape index (κ2) is 7.05. The number of hydrogen-bond acceptors (Lipinski definition) is 4. The lowest BCUT2D eigenvalue weighted by Gasteiger charge is -2.07. The number of carbonyl (C=O) groups is 2. The van der Waals surface area contributed by atoms with E-state index < -0.39 is 0 Å². The third-order valence-corrected chi connectivity index (χ3v) is 4.99. The Morgan fingerprint density at radius 3 is 2.52 bits per heavy atom. The molecule has 2 aromatic heterocycles. The molecule has 0 atom stereocenters. The highest BCUT2D eigenvalue weighted by molar-refractivity contribution is 7.18. The second-order valence-electron chi connectivity index (χ2n) is 5.95. The molecule has 0 spiro atoms. The molecule has 0 saturated heterocycles. The number of fused-ring (bicyclic) bond motifs is 1. The number of benzene rings is 2. The number of anilines is 2. The molecule has 4 rings (SSSR count). The molecule has 0 bridgehead atoms. The quantitative estimate of drug-likeness (QED) is 0.558. The summed E-state index contributed by atoms with van der Waals surface area (Å²) in [5.74, 6) is -0.371. The maximum Gasteiger partial charge on any atom is 0.265 e. The highest BCUT2D eigenvalue weighted by Crippen LogP contribution is 2.24. The fraction of sp³-hybridized carbons (Fsp3) is 0.0500. The van der Waals surface area contributed by atoms with Crippen LogP contribution in [0.1, 0.15) is 16.6 Å². The first-order valence-corrected chi connectivity index (χ1v) is 9.13. The number of imidazole rings is 1. The Bertz CT molecular complexity index is 1130. The van der Waals surface area contributed by atoms with Gasteiger partial charge in [-0.05, 0) is 48.5 Å². The van der Waals surface area contributed by atoms with E-state index in [2.05, 4.69) is 15.6 Å². The lowest BCUT2D eigenvalue weighted by Crippen LogP contribution is -2.10. The predicted molar refractivity (Wildman–Crippen MR) is 108 cm³/mol. The summed E-state index contributed by atoms with van der Waals surface area (Å²) in [5, 5.41) is 6.19. The van der Waals surface area contributed by atoms with Crippen molar-refractivity contribution in [3.05, 3.63) is 71.9 Å². The minimum Gasteiger partial charge on any atom is -0.321 e. The largest absolute Gasteiger partial charge is 0.321 e. The molecule has 0 saturated carbocycles. The van der Waals surface area contributed by atoms with Gasteiger partial charge in [-0.2, -0.15) is 0 Å². The van der Waals surface area contributed by atoms with Crippen molar-refractivity contribution in [3.8, 4) is 5.69 Å². The highest BCUT2D eigenvalue weighted by atomic mass is 32.1. The average molecular weight is 376 g/mol. The van der Waals surface area contributed by atoms with E-state index >= 15 is 0 Å². The molecule has 134 valence electrons.